The van der Waals surface area contributed by atoms with Crippen LogP contribution in [0.25, 0.3) is 0 Å². The lowest BCUT2D eigenvalue weighted by molar-refractivity contribution is 0.0628. The Morgan fingerprint density at radius 1 is 0.771 bits per heavy atom. The second kappa shape index (κ2) is 8.56. The van der Waals surface area contributed by atoms with Crippen molar-refractivity contribution in [2.24, 2.45) is 0 Å². The van der Waals surface area contributed by atoms with Gasteiger partial charge in [0.1, 0.15) is 0 Å². The molecule has 3 heterocycles. The maximum Gasteiger partial charge on any atom is 0.266 e. The molecule has 1 saturated heterocycles. The van der Waals surface area contributed by atoms with Gasteiger partial charge in [0.25, 0.3) is 17.7 Å². The number of amides is 3. The van der Waals surface area contributed by atoms with Crippen LogP contribution in [0.5, 0.6) is 11.5 Å². The minimum atomic E-state index is -0.368. The molecule has 1 fully saturated rings. The van der Waals surface area contributed by atoms with Crippen molar-refractivity contribution < 1.29 is 23.9 Å². The Morgan fingerprint density at radius 2 is 1.49 bits per heavy atom. The minimum absolute atomic E-state index is 0.105. The van der Waals surface area contributed by atoms with Crippen LogP contribution in [0.4, 0.5) is 5.69 Å². The standard InChI is InChI=1S/C27H23N3O5/c31-25(29-12-10-28(11-13-29)16-18-8-9-23-24(14-18)35-17-34-23)19-4-3-5-20(15-19)30-26(32)21-6-1-2-7-22(21)27(30)33/h1-9,14-15H,10-13,16-17H2. The number of hydrogen-bond donors (Lipinski definition) is 0. The number of piperazine rings is 1. The molecular formula is C27H23N3O5. The predicted octanol–water partition coefficient (Wildman–Crippen LogP) is 3.17. The Bertz CT molecular complexity index is 1310. The summed E-state index contributed by atoms with van der Waals surface area (Å²) in [6, 6.07) is 19.5. The number of nitrogens with zero attached hydrogens (tertiary/aromatic N) is 3. The zero-order valence-corrected chi connectivity index (χ0v) is 19.0. The van der Waals surface area contributed by atoms with Crippen LogP contribution in [0.1, 0.15) is 36.6 Å². The number of rotatable bonds is 4. The van der Waals surface area contributed by atoms with Crippen molar-refractivity contribution in [3.63, 3.8) is 0 Å². The van der Waals surface area contributed by atoms with E-state index in [9.17, 15) is 14.4 Å². The maximum atomic E-state index is 13.2. The van der Waals surface area contributed by atoms with E-state index >= 15 is 0 Å². The Kier molecular flexibility index (Phi) is 5.22. The summed E-state index contributed by atoms with van der Waals surface area (Å²) in [4.78, 5) is 44.1. The van der Waals surface area contributed by atoms with Gasteiger partial charge in [-0.05, 0) is 48.0 Å². The average molecular weight is 469 g/mol. The lowest BCUT2D eigenvalue weighted by Crippen LogP contribution is -2.48. The van der Waals surface area contributed by atoms with Crippen LogP contribution in [-0.4, -0.2) is 60.5 Å². The second-order valence-corrected chi connectivity index (χ2v) is 8.80. The number of ether oxygens (including phenoxy) is 2. The van der Waals surface area contributed by atoms with E-state index < -0.39 is 0 Å². The molecule has 3 aliphatic heterocycles. The minimum Gasteiger partial charge on any atom is -0.454 e. The Morgan fingerprint density at radius 3 is 2.23 bits per heavy atom. The highest BCUT2D eigenvalue weighted by Crippen LogP contribution is 2.33. The molecule has 0 N–H and O–H groups in total. The average Bonchev–Trinajstić information content (AvgIpc) is 3.46. The number of carbonyl (C=O) groups is 3. The monoisotopic (exact) mass is 469 g/mol. The van der Waals surface area contributed by atoms with Gasteiger partial charge in [-0.3, -0.25) is 19.3 Å². The summed E-state index contributed by atoms with van der Waals surface area (Å²) in [7, 11) is 0. The highest BCUT2D eigenvalue weighted by molar-refractivity contribution is 6.34. The molecule has 0 aliphatic carbocycles. The summed E-state index contributed by atoms with van der Waals surface area (Å²) in [6.45, 7) is 3.72. The lowest BCUT2D eigenvalue weighted by Gasteiger charge is -2.35. The number of anilines is 1. The fourth-order valence-corrected chi connectivity index (χ4v) is 4.79. The number of carbonyl (C=O) groups excluding carboxylic acids is 3. The molecule has 35 heavy (non-hydrogen) atoms. The van der Waals surface area contributed by atoms with E-state index in [4.69, 9.17) is 9.47 Å². The van der Waals surface area contributed by atoms with Crippen molar-refractivity contribution in [3.05, 3.63) is 89.0 Å². The molecule has 0 bridgehead atoms. The van der Waals surface area contributed by atoms with Gasteiger partial charge >= 0.3 is 0 Å². The highest BCUT2D eigenvalue weighted by atomic mass is 16.7. The zero-order chi connectivity index (χ0) is 23.9. The molecule has 8 nitrogen and oxygen atoms in total. The third-order valence-corrected chi connectivity index (χ3v) is 6.65. The van der Waals surface area contributed by atoms with Crippen LogP contribution in [0.2, 0.25) is 0 Å². The number of fused-ring (bicyclic) bond motifs is 2. The Balaban J connectivity index is 1.12. The molecule has 8 heteroatoms. The van der Waals surface area contributed by atoms with Crippen LogP contribution in [0.15, 0.2) is 66.7 Å². The summed E-state index contributed by atoms with van der Waals surface area (Å²) in [5, 5.41) is 0. The predicted molar refractivity (Wildman–Crippen MR) is 128 cm³/mol. The van der Waals surface area contributed by atoms with Crippen molar-refractivity contribution in [3.8, 4) is 11.5 Å². The quantitative estimate of drug-likeness (QED) is 0.546. The fourth-order valence-electron chi connectivity index (χ4n) is 4.79. The molecule has 0 atom stereocenters. The van der Waals surface area contributed by atoms with Crippen molar-refractivity contribution in [2.45, 2.75) is 6.54 Å². The Labute approximate surface area is 202 Å². The molecule has 176 valence electrons. The molecule has 0 unspecified atom stereocenters. The molecule has 0 radical (unpaired) electrons. The smallest absolute Gasteiger partial charge is 0.266 e. The summed E-state index contributed by atoms with van der Waals surface area (Å²) in [6.07, 6.45) is 0. The fraction of sp³-hybridized carbons (Fsp3) is 0.222. The molecule has 0 aromatic heterocycles. The molecule has 3 amide bonds. The van der Waals surface area contributed by atoms with Crippen LogP contribution < -0.4 is 14.4 Å². The van der Waals surface area contributed by atoms with Gasteiger partial charge in [-0.15, -0.1) is 0 Å². The van der Waals surface area contributed by atoms with E-state index in [1.54, 1.807) is 48.5 Å². The number of imide groups is 1. The van der Waals surface area contributed by atoms with Gasteiger partial charge in [-0.1, -0.05) is 24.3 Å². The third kappa shape index (κ3) is 3.81. The van der Waals surface area contributed by atoms with Gasteiger partial charge in [0.2, 0.25) is 6.79 Å². The molecular weight excluding hydrogens is 446 g/mol. The first-order valence-corrected chi connectivity index (χ1v) is 11.6. The van der Waals surface area contributed by atoms with Crippen molar-refractivity contribution in [1.29, 1.82) is 0 Å². The molecule has 6 rings (SSSR count). The van der Waals surface area contributed by atoms with E-state index in [1.165, 1.54) is 0 Å². The van der Waals surface area contributed by atoms with Gasteiger partial charge < -0.3 is 14.4 Å². The summed E-state index contributed by atoms with van der Waals surface area (Å²) in [5.41, 5.74) is 2.77. The van der Waals surface area contributed by atoms with E-state index in [0.717, 1.165) is 41.6 Å². The van der Waals surface area contributed by atoms with Gasteiger partial charge in [0.15, 0.2) is 11.5 Å². The van der Waals surface area contributed by atoms with E-state index in [2.05, 4.69) is 4.90 Å². The summed E-state index contributed by atoms with van der Waals surface area (Å²) in [5.74, 6) is 0.702. The molecule has 3 aliphatic rings. The SMILES string of the molecule is O=C(c1cccc(N2C(=O)c3ccccc3C2=O)c1)N1CCN(Cc2ccc3c(c2)OCO3)CC1. The molecule has 0 spiro atoms. The maximum absolute atomic E-state index is 13.2. The first kappa shape index (κ1) is 21.4. The molecule has 0 saturated carbocycles. The molecule has 3 aromatic carbocycles. The van der Waals surface area contributed by atoms with Gasteiger partial charge in [0.05, 0.1) is 16.8 Å². The van der Waals surface area contributed by atoms with Crippen LogP contribution in [0.3, 0.4) is 0 Å². The van der Waals surface area contributed by atoms with Gasteiger partial charge in [0, 0.05) is 38.3 Å². The first-order valence-electron chi connectivity index (χ1n) is 11.6. The van der Waals surface area contributed by atoms with Gasteiger partial charge in [-0.2, -0.15) is 0 Å². The number of benzene rings is 3. The van der Waals surface area contributed by atoms with E-state index in [0.29, 0.717) is 35.5 Å². The Hall–Kier alpha value is -4.17. The van der Waals surface area contributed by atoms with Gasteiger partial charge in [-0.25, -0.2) is 4.90 Å². The zero-order valence-electron chi connectivity index (χ0n) is 19.0. The lowest BCUT2D eigenvalue weighted by atomic mass is 10.1. The van der Waals surface area contributed by atoms with Crippen LogP contribution in [-0.2, 0) is 6.54 Å². The van der Waals surface area contributed by atoms with E-state index in [-0.39, 0.29) is 24.5 Å². The topological polar surface area (TPSA) is 79.4 Å². The normalized spacial score (nSPS) is 17.1. The van der Waals surface area contributed by atoms with Crippen LogP contribution >= 0.6 is 0 Å². The van der Waals surface area contributed by atoms with Crippen molar-refractivity contribution in [2.75, 3.05) is 37.9 Å². The first-order chi connectivity index (χ1) is 17.1. The summed E-state index contributed by atoms with van der Waals surface area (Å²) < 4.78 is 10.8. The van der Waals surface area contributed by atoms with Crippen LogP contribution in [0, 0.1) is 0 Å². The second-order valence-electron chi connectivity index (χ2n) is 8.80. The summed E-state index contributed by atoms with van der Waals surface area (Å²) >= 11 is 0. The molecule has 3 aromatic rings. The van der Waals surface area contributed by atoms with Crippen molar-refractivity contribution in [1.82, 2.24) is 9.80 Å². The van der Waals surface area contributed by atoms with E-state index in [1.807, 2.05) is 23.1 Å². The van der Waals surface area contributed by atoms with Crippen molar-refractivity contribution >= 4 is 23.4 Å². The highest BCUT2D eigenvalue weighted by Gasteiger charge is 2.36. The number of hydrogen-bond acceptors (Lipinski definition) is 6. The largest absolute Gasteiger partial charge is 0.454 e. The third-order valence-electron chi connectivity index (χ3n) is 6.65.